The van der Waals surface area contributed by atoms with Crippen LogP contribution >= 0.6 is 11.6 Å². The van der Waals surface area contributed by atoms with Crippen molar-refractivity contribution in [3.05, 3.63) is 92.1 Å². The number of aryl methyl sites for hydroxylation is 1. The van der Waals surface area contributed by atoms with Gasteiger partial charge in [0.1, 0.15) is 17.4 Å². The van der Waals surface area contributed by atoms with E-state index in [1.807, 2.05) is 43.3 Å². The van der Waals surface area contributed by atoms with Crippen molar-refractivity contribution in [2.45, 2.75) is 26.5 Å². The second kappa shape index (κ2) is 8.47. The van der Waals surface area contributed by atoms with Crippen molar-refractivity contribution in [3.63, 3.8) is 0 Å². The molecule has 164 valence electrons. The fourth-order valence-electron chi connectivity index (χ4n) is 3.65. The SMILES string of the molecule is CC1=C(C(=O)OCc2ccccc2)[C@@H](c2c(Cl)nc3c(C)cccn3c2=O)NC(=O)N1C. The van der Waals surface area contributed by atoms with Gasteiger partial charge in [-0.2, -0.15) is 0 Å². The molecule has 0 bridgehead atoms. The first-order valence-corrected chi connectivity index (χ1v) is 10.3. The summed E-state index contributed by atoms with van der Waals surface area (Å²) in [6.07, 6.45) is 1.57. The minimum absolute atomic E-state index is 0.00206. The Labute approximate surface area is 189 Å². The lowest BCUT2D eigenvalue weighted by Crippen LogP contribution is -2.48. The highest BCUT2D eigenvalue weighted by atomic mass is 35.5. The van der Waals surface area contributed by atoms with E-state index in [0.717, 1.165) is 11.1 Å². The van der Waals surface area contributed by atoms with Crippen molar-refractivity contribution >= 4 is 29.2 Å². The number of hydrogen-bond acceptors (Lipinski definition) is 5. The van der Waals surface area contributed by atoms with E-state index in [1.165, 1.54) is 16.3 Å². The number of nitrogens with one attached hydrogen (secondary N) is 1. The standard InChI is InChI=1S/C23H21ClN4O4/c1-13-8-7-11-28-20(13)26-19(24)17(21(28)29)18-16(14(2)27(3)23(31)25-18)22(30)32-12-15-9-5-4-6-10-15/h4-11,18H,12H2,1-3H3,(H,25,31)/t18-/m0/s1. The van der Waals surface area contributed by atoms with Crippen LogP contribution in [-0.4, -0.2) is 33.3 Å². The lowest BCUT2D eigenvalue weighted by atomic mass is 9.96. The number of carbonyl (C=O) groups is 2. The number of carbonyl (C=O) groups excluding carboxylic acids is 2. The molecule has 0 fully saturated rings. The second-order valence-corrected chi connectivity index (χ2v) is 7.87. The van der Waals surface area contributed by atoms with Crippen molar-refractivity contribution in [3.8, 4) is 0 Å². The van der Waals surface area contributed by atoms with E-state index in [2.05, 4.69) is 10.3 Å². The van der Waals surface area contributed by atoms with E-state index in [-0.39, 0.29) is 22.9 Å². The number of amides is 2. The first-order valence-electron chi connectivity index (χ1n) is 9.93. The van der Waals surface area contributed by atoms with Crippen LogP contribution in [0.15, 0.2) is 64.7 Å². The van der Waals surface area contributed by atoms with Crippen molar-refractivity contribution in [1.82, 2.24) is 19.6 Å². The largest absolute Gasteiger partial charge is 0.457 e. The first-order chi connectivity index (χ1) is 15.3. The molecule has 0 saturated heterocycles. The number of ether oxygens (including phenoxy) is 1. The third kappa shape index (κ3) is 3.73. The molecular weight excluding hydrogens is 432 g/mol. The first kappa shape index (κ1) is 21.6. The zero-order valence-corrected chi connectivity index (χ0v) is 18.5. The molecule has 3 heterocycles. The Balaban J connectivity index is 1.80. The van der Waals surface area contributed by atoms with Crippen molar-refractivity contribution < 1.29 is 14.3 Å². The summed E-state index contributed by atoms with van der Waals surface area (Å²) >= 11 is 6.42. The number of urea groups is 1. The fourth-order valence-corrected chi connectivity index (χ4v) is 3.92. The van der Waals surface area contributed by atoms with Crippen LogP contribution in [0.2, 0.25) is 5.15 Å². The van der Waals surface area contributed by atoms with Crippen LogP contribution in [0.3, 0.4) is 0 Å². The molecule has 0 radical (unpaired) electrons. The molecule has 32 heavy (non-hydrogen) atoms. The molecule has 1 aliphatic rings. The molecule has 2 amide bonds. The van der Waals surface area contributed by atoms with E-state index in [4.69, 9.17) is 16.3 Å². The summed E-state index contributed by atoms with van der Waals surface area (Å²) < 4.78 is 6.86. The molecule has 9 heteroatoms. The summed E-state index contributed by atoms with van der Waals surface area (Å²) in [4.78, 5) is 44.6. The molecule has 0 aliphatic carbocycles. The van der Waals surface area contributed by atoms with Crippen LogP contribution < -0.4 is 10.9 Å². The summed E-state index contributed by atoms with van der Waals surface area (Å²) in [6, 6.07) is 11.2. The topological polar surface area (TPSA) is 93.0 Å². The highest BCUT2D eigenvalue weighted by Gasteiger charge is 2.38. The van der Waals surface area contributed by atoms with Crippen molar-refractivity contribution in [2.75, 3.05) is 7.05 Å². The molecular formula is C23H21ClN4O4. The minimum atomic E-state index is -1.10. The van der Waals surface area contributed by atoms with Gasteiger partial charge in [0.25, 0.3) is 5.56 Å². The highest BCUT2D eigenvalue weighted by molar-refractivity contribution is 6.30. The average Bonchev–Trinajstić information content (AvgIpc) is 2.77. The Morgan fingerprint density at radius 2 is 1.88 bits per heavy atom. The molecule has 8 nitrogen and oxygen atoms in total. The van der Waals surface area contributed by atoms with E-state index in [0.29, 0.717) is 11.3 Å². The van der Waals surface area contributed by atoms with Gasteiger partial charge in [-0.05, 0) is 31.0 Å². The Morgan fingerprint density at radius 1 is 1.16 bits per heavy atom. The Kier molecular flexibility index (Phi) is 5.71. The van der Waals surface area contributed by atoms with Gasteiger partial charge in [-0.25, -0.2) is 14.6 Å². The molecule has 3 aromatic rings. The quantitative estimate of drug-likeness (QED) is 0.484. The van der Waals surface area contributed by atoms with E-state index >= 15 is 0 Å². The fraction of sp³-hybridized carbons (Fsp3) is 0.217. The number of benzene rings is 1. The highest BCUT2D eigenvalue weighted by Crippen LogP contribution is 2.32. The van der Waals surface area contributed by atoms with Gasteiger partial charge in [0.2, 0.25) is 0 Å². The predicted molar refractivity (Wildman–Crippen MR) is 119 cm³/mol. The Morgan fingerprint density at radius 3 is 2.59 bits per heavy atom. The van der Waals surface area contributed by atoms with Gasteiger partial charge >= 0.3 is 12.0 Å². The molecule has 0 saturated carbocycles. The summed E-state index contributed by atoms with van der Waals surface area (Å²) in [5.41, 5.74) is 1.99. The number of allylic oxidation sites excluding steroid dienone is 1. The minimum Gasteiger partial charge on any atom is -0.457 e. The van der Waals surface area contributed by atoms with E-state index in [9.17, 15) is 14.4 Å². The van der Waals surface area contributed by atoms with Crippen LogP contribution in [0.4, 0.5) is 4.79 Å². The van der Waals surface area contributed by atoms with Crippen LogP contribution in [0, 0.1) is 6.92 Å². The number of rotatable bonds is 4. The maximum absolute atomic E-state index is 13.3. The summed E-state index contributed by atoms with van der Waals surface area (Å²) in [5, 5.41) is 2.61. The second-order valence-electron chi connectivity index (χ2n) is 7.51. The van der Waals surface area contributed by atoms with Gasteiger partial charge in [-0.1, -0.05) is 48.0 Å². The molecule has 1 aromatic carbocycles. The van der Waals surface area contributed by atoms with Gasteiger partial charge < -0.3 is 15.0 Å². The smallest absolute Gasteiger partial charge is 0.338 e. The van der Waals surface area contributed by atoms with Gasteiger partial charge in [-0.15, -0.1) is 0 Å². The molecule has 2 aromatic heterocycles. The number of hydrogen-bond donors (Lipinski definition) is 1. The van der Waals surface area contributed by atoms with Crippen molar-refractivity contribution in [1.29, 1.82) is 0 Å². The zero-order chi connectivity index (χ0) is 23.0. The molecule has 0 spiro atoms. The van der Waals surface area contributed by atoms with Crippen LogP contribution in [0.25, 0.3) is 5.65 Å². The molecule has 4 rings (SSSR count). The van der Waals surface area contributed by atoms with E-state index in [1.54, 1.807) is 19.2 Å². The number of nitrogens with zero attached hydrogens (tertiary/aromatic N) is 3. The molecule has 1 N–H and O–H groups in total. The lowest BCUT2D eigenvalue weighted by Gasteiger charge is -2.33. The van der Waals surface area contributed by atoms with E-state index < -0.39 is 23.6 Å². The summed E-state index contributed by atoms with van der Waals surface area (Å²) in [5.74, 6) is -0.659. The monoisotopic (exact) mass is 452 g/mol. The maximum Gasteiger partial charge on any atom is 0.338 e. The normalized spacial score (nSPS) is 16.3. The third-order valence-electron chi connectivity index (χ3n) is 5.51. The molecule has 1 atom stereocenters. The summed E-state index contributed by atoms with van der Waals surface area (Å²) in [7, 11) is 1.53. The Hall–Kier alpha value is -3.65. The van der Waals surface area contributed by atoms with Crippen LogP contribution in [-0.2, 0) is 16.1 Å². The van der Waals surface area contributed by atoms with Gasteiger partial charge in [0.15, 0.2) is 0 Å². The van der Waals surface area contributed by atoms with Gasteiger partial charge in [-0.3, -0.25) is 9.20 Å². The number of pyridine rings is 1. The number of aromatic nitrogens is 2. The molecule has 0 unspecified atom stereocenters. The molecule has 1 aliphatic heterocycles. The van der Waals surface area contributed by atoms with Gasteiger partial charge in [0, 0.05) is 18.9 Å². The third-order valence-corrected chi connectivity index (χ3v) is 5.80. The predicted octanol–water partition coefficient (Wildman–Crippen LogP) is 3.37. The maximum atomic E-state index is 13.3. The van der Waals surface area contributed by atoms with Gasteiger partial charge in [0.05, 0.1) is 17.2 Å². The number of fused-ring (bicyclic) bond motifs is 1. The number of esters is 1. The lowest BCUT2D eigenvalue weighted by molar-refractivity contribution is -0.141. The van der Waals surface area contributed by atoms with Crippen LogP contribution in [0.5, 0.6) is 0 Å². The van der Waals surface area contributed by atoms with Crippen LogP contribution in [0.1, 0.15) is 29.7 Å². The zero-order valence-electron chi connectivity index (χ0n) is 17.8. The Bertz CT molecular complexity index is 1320. The average molecular weight is 453 g/mol. The summed E-state index contributed by atoms with van der Waals surface area (Å²) in [6.45, 7) is 3.48. The number of halogens is 1. The van der Waals surface area contributed by atoms with Crippen molar-refractivity contribution in [2.24, 2.45) is 0 Å².